The zero-order valence-corrected chi connectivity index (χ0v) is 12.2. The number of esters is 1. The Kier molecular flexibility index (Phi) is 5.64. The van der Waals surface area contributed by atoms with Crippen LogP contribution >= 0.6 is 0 Å². The largest absolute Gasteiger partial charge is 0.463 e. The van der Waals surface area contributed by atoms with Crippen LogP contribution in [0.3, 0.4) is 0 Å². The third kappa shape index (κ3) is 5.11. The summed E-state index contributed by atoms with van der Waals surface area (Å²) in [6, 6.07) is 1.29. The van der Waals surface area contributed by atoms with Gasteiger partial charge in [0.2, 0.25) is 0 Å². The topological polar surface area (TPSA) is 47.6 Å². The molecule has 0 saturated carbocycles. The molecule has 19 heavy (non-hydrogen) atoms. The summed E-state index contributed by atoms with van der Waals surface area (Å²) in [4.78, 5) is 11.7. The Morgan fingerprint density at radius 3 is 2.53 bits per heavy atom. The maximum atomic E-state index is 11.7. The minimum absolute atomic E-state index is 0.0561. The molecule has 0 radical (unpaired) electrons. The van der Waals surface area contributed by atoms with Gasteiger partial charge in [0.15, 0.2) is 0 Å². The number of carbonyl (C=O) groups excluding carboxylic acids is 1. The number of piperidine rings is 1. The van der Waals surface area contributed by atoms with Crippen LogP contribution in [-0.2, 0) is 14.3 Å². The summed E-state index contributed by atoms with van der Waals surface area (Å²) in [6.07, 6.45) is 5.41. The van der Waals surface area contributed by atoms with E-state index >= 15 is 0 Å². The fourth-order valence-corrected chi connectivity index (χ4v) is 3.17. The Labute approximate surface area is 116 Å². The molecule has 2 rings (SSSR count). The van der Waals surface area contributed by atoms with Crippen molar-refractivity contribution in [1.29, 1.82) is 0 Å². The monoisotopic (exact) mass is 269 g/mol. The molecule has 2 saturated heterocycles. The summed E-state index contributed by atoms with van der Waals surface area (Å²) in [5.74, 6) is 0.989. The maximum Gasteiger partial charge on any atom is 0.306 e. The molecule has 0 amide bonds. The lowest BCUT2D eigenvalue weighted by Crippen LogP contribution is -2.38. The van der Waals surface area contributed by atoms with E-state index in [0.717, 1.165) is 19.4 Å². The minimum atomic E-state index is -0.0561. The van der Waals surface area contributed by atoms with E-state index in [1.807, 2.05) is 0 Å². The van der Waals surface area contributed by atoms with Crippen molar-refractivity contribution >= 4 is 5.97 Å². The number of hydrogen-bond acceptors (Lipinski definition) is 4. The van der Waals surface area contributed by atoms with Crippen LogP contribution in [0.1, 0.15) is 46.0 Å². The van der Waals surface area contributed by atoms with Crippen LogP contribution in [-0.4, -0.2) is 37.9 Å². The number of rotatable bonds is 7. The first-order valence-electron chi connectivity index (χ1n) is 7.63. The van der Waals surface area contributed by atoms with Crippen LogP contribution in [0.15, 0.2) is 0 Å². The van der Waals surface area contributed by atoms with Gasteiger partial charge in [0.25, 0.3) is 0 Å². The molecule has 2 heterocycles. The van der Waals surface area contributed by atoms with Gasteiger partial charge in [-0.25, -0.2) is 0 Å². The van der Waals surface area contributed by atoms with Gasteiger partial charge in [-0.3, -0.25) is 4.79 Å². The van der Waals surface area contributed by atoms with Gasteiger partial charge in [0.1, 0.15) is 6.61 Å². The summed E-state index contributed by atoms with van der Waals surface area (Å²) >= 11 is 0. The second kappa shape index (κ2) is 7.25. The van der Waals surface area contributed by atoms with Crippen molar-refractivity contribution in [1.82, 2.24) is 5.32 Å². The quantitative estimate of drug-likeness (QED) is 0.568. The molecule has 0 aliphatic carbocycles. The van der Waals surface area contributed by atoms with Gasteiger partial charge in [-0.05, 0) is 37.5 Å². The predicted octanol–water partition coefficient (Wildman–Crippen LogP) is 2.12. The lowest BCUT2D eigenvalue weighted by Gasteiger charge is -2.28. The smallest absolute Gasteiger partial charge is 0.306 e. The normalized spacial score (nSPS) is 29.7. The summed E-state index contributed by atoms with van der Waals surface area (Å²) in [5.41, 5.74) is 0. The molecule has 110 valence electrons. The summed E-state index contributed by atoms with van der Waals surface area (Å²) in [7, 11) is 0. The molecule has 0 spiro atoms. The van der Waals surface area contributed by atoms with Gasteiger partial charge < -0.3 is 14.8 Å². The fraction of sp³-hybridized carbons (Fsp3) is 0.933. The lowest BCUT2D eigenvalue weighted by molar-refractivity contribution is -0.146. The first-order valence-corrected chi connectivity index (χ1v) is 7.63. The Balaban J connectivity index is 1.54. The van der Waals surface area contributed by atoms with Gasteiger partial charge in [0, 0.05) is 25.1 Å². The van der Waals surface area contributed by atoms with Gasteiger partial charge >= 0.3 is 5.97 Å². The Bertz CT molecular complexity index is 281. The van der Waals surface area contributed by atoms with E-state index < -0.39 is 0 Å². The van der Waals surface area contributed by atoms with E-state index in [1.54, 1.807) is 0 Å². The average Bonchev–Trinajstić information content (AvgIpc) is 2.68. The third-order valence-corrected chi connectivity index (χ3v) is 3.97. The number of fused-ring (bicyclic) bond motifs is 2. The van der Waals surface area contributed by atoms with Crippen molar-refractivity contribution in [3.8, 4) is 0 Å². The van der Waals surface area contributed by atoms with E-state index in [0.29, 0.717) is 43.6 Å². The second-order valence-corrected chi connectivity index (χ2v) is 6.37. The van der Waals surface area contributed by atoms with Crippen LogP contribution in [0.2, 0.25) is 0 Å². The van der Waals surface area contributed by atoms with Crippen LogP contribution in [0.5, 0.6) is 0 Å². The van der Waals surface area contributed by atoms with Crippen molar-refractivity contribution < 1.29 is 14.3 Å². The predicted molar refractivity (Wildman–Crippen MR) is 73.9 cm³/mol. The van der Waals surface area contributed by atoms with Gasteiger partial charge in [-0.1, -0.05) is 13.8 Å². The zero-order valence-electron chi connectivity index (χ0n) is 12.2. The lowest BCUT2D eigenvalue weighted by atomic mass is 9.90. The molecule has 0 aromatic carbocycles. The molecular formula is C15H27NO3. The molecule has 2 aliphatic heterocycles. The van der Waals surface area contributed by atoms with Crippen LogP contribution in [0.25, 0.3) is 0 Å². The van der Waals surface area contributed by atoms with Crippen molar-refractivity contribution in [2.24, 2.45) is 11.8 Å². The van der Waals surface area contributed by atoms with E-state index in [4.69, 9.17) is 9.47 Å². The van der Waals surface area contributed by atoms with E-state index in [2.05, 4.69) is 19.2 Å². The van der Waals surface area contributed by atoms with E-state index in [9.17, 15) is 4.79 Å². The molecule has 4 heteroatoms. The minimum Gasteiger partial charge on any atom is -0.463 e. The summed E-state index contributed by atoms with van der Waals surface area (Å²) < 4.78 is 10.6. The zero-order chi connectivity index (χ0) is 13.7. The highest BCUT2D eigenvalue weighted by Crippen LogP contribution is 2.32. The Morgan fingerprint density at radius 2 is 1.89 bits per heavy atom. The highest BCUT2D eigenvalue weighted by atomic mass is 16.6. The van der Waals surface area contributed by atoms with Crippen molar-refractivity contribution in [2.45, 2.75) is 58.0 Å². The molecule has 0 aromatic rings. The second-order valence-electron chi connectivity index (χ2n) is 6.37. The molecule has 1 N–H and O–H groups in total. The molecular weight excluding hydrogens is 242 g/mol. The standard InChI is InChI=1S/C15H27NO3/c1-11(2)10-18-5-6-19-15(17)9-12-7-13-3-4-14(8-12)16-13/h11-14,16H,3-10H2,1-2H3. The van der Waals surface area contributed by atoms with E-state index in [-0.39, 0.29) is 5.97 Å². The van der Waals surface area contributed by atoms with Crippen LogP contribution < -0.4 is 5.32 Å². The molecule has 2 unspecified atom stereocenters. The third-order valence-electron chi connectivity index (χ3n) is 3.97. The average molecular weight is 269 g/mol. The fourth-order valence-electron chi connectivity index (χ4n) is 3.17. The van der Waals surface area contributed by atoms with Crippen molar-refractivity contribution in [3.63, 3.8) is 0 Å². The van der Waals surface area contributed by atoms with Gasteiger partial charge in [-0.2, -0.15) is 0 Å². The van der Waals surface area contributed by atoms with Gasteiger partial charge in [0.05, 0.1) is 6.61 Å². The van der Waals surface area contributed by atoms with E-state index in [1.165, 1.54) is 12.8 Å². The number of ether oxygens (including phenoxy) is 2. The molecule has 0 aromatic heterocycles. The molecule has 2 bridgehead atoms. The highest BCUT2D eigenvalue weighted by Gasteiger charge is 2.34. The first kappa shape index (κ1) is 14.8. The first-order chi connectivity index (χ1) is 9.13. The molecule has 2 aliphatic rings. The van der Waals surface area contributed by atoms with Crippen molar-refractivity contribution in [2.75, 3.05) is 19.8 Å². The molecule has 4 nitrogen and oxygen atoms in total. The summed E-state index contributed by atoms with van der Waals surface area (Å²) in [5, 5.41) is 3.59. The Morgan fingerprint density at radius 1 is 1.21 bits per heavy atom. The number of carbonyl (C=O) groups is 1. The Hall–Kier alpha value is -0.610. The summed E-state index contributed by atoms with van der Waals surface area (Å²) in [6.45, 7) is 5.86. The molecule has 2 atom stereocenters. The van der Waals surface area contributed by atoms with Crippen LogP contribution in [0.4, 0.5) is 0 Å². The highest BCUT2D eigenvalue weighted by molar-refractivity contribution is 5.69. The molecule has 2 fully saturated rings. The number of hydrogen-bond donors (Lipinski definition) is 1. The van der Waals surface area contributed by atoms with Gasteiger partial charge in [-0.15, -0.1) is 0 Å². The number of nitrogens with one attached hydrogen (secondary N) is 1. The van der Waals surface area contributed by atoms with Crippen molar-refractivity contribution in [3.05, 3.63) is 0 Å². The van der Waals surface area contributed by atoms with Crippen LogP contribution in [0, 0.1) is 11.8 Å². The SMILES string of the molecule is CC(C)COCCOC(=O)CC1CC2CCC(C1)N2. The maximum absolute atomic E-state index is 11.7.